The van der Waals surface area contributed by atoms with E-state index < -0.39 is 61.7 Å². The first-order chi connectivity index (χ1) is 15.8. The molecular weight excluding hydrogens is 495 g/mol. The molecule has 2 saturated carbocycles. The van der Waals surface area contributed by atoms with Gasteiger partial charge in [0.1, 0.15) is 5.60 Å². The molecule has 0 heterocycles. The van der Waals surface area contributed by atoms with Crippen molar-refractivity contribution in [1.82, 2.24) is 0 Å². The summed E-state index contributed by atoms with van der Waals surface area (Å²) >= 11 is 6.19. The van der Waals surface area contributed by atoms with E-state index in [0.717, 1.165) is 6.07 Å². The maximum Gasteiger partial charge on any atom is 0.255 e. The zero-order valence-electron chi connectivity index (χ0n) is 17.9. The van der Waals surface area contributed by atoms with Crippen molar-refractivity contribution in [3.05, 3.63) is 58.4 Å². The minimum Gasteiger partial charge on any atom is -0.382 e. The van der Waals surface area contributed by atoms with Crippen LogP contribution in [0.3, 0.4) is 0 Å². The molecule has 182 valence electrons. The Morgan fingerprint density at radius 2 is 1.62 bits per heavy atom. The molecule has 1 unspecified atom stereocenters. The van der Waals surface area contributed by atoms with E-state index in [4.69, 9.17) is 11.6 Å². The van der Waals surface area contributed by atoms with Gasteiger partial charge in [-0.3, -0.25) is 9.59 Å². The zero-order valence-corrected chi connectivity index (χ0v) is 19.5. The Labute approximate surface area is 199 Å². The predicted molar refractivity (Wildman–Crippen MR) is 118 cm³/mol. The van der Waals surface area contributed by atoms with Crippen LogP contribution in [0.25, 0.3) is 0 Å². The van der Waals surface area contributed by atoms with E-state index >= 15 is 0 Å². The maximum absolute atomic E-state index is 13.6. The van der Waals surface area contributed by atoms with Crippen molar-refractivity contribution in [2.24, 2.45) is 11.8 Å². The third-order valence-electron chi connectivity index (χ3n) is 6.79. The van der Waals surface area contributed by atoms with Crippen molar-refractivity contribution in [3.63, 3.8) is 0 Å². The van der Waals surface area contributed by atoms with Crippen molar-refractivity contribution in [1.29, 1.82) is 0 Å². The van der Waals surface area contributed by atoms with Gasteiger partial charge in [-0.25, -0.2) is 21.6 Å². The highest BCUT2D eigenvalue weighted by Gasteiger charge is 2.55. The molecule has 6 nitrogen and oxygen atoms in total. The first-order valence-electron chi connectivity index (χ1n) is 10.6. The number of hydrogen-bond acceptors (Lipinski definition) is 5. The number of sulfone groups is 1. The summed E-state index contributed by atoms with van der Waals surface area (Å²) in [4.78, 5) is 24.3. The molecule has 2 bridgehead atoms. The summed E-state index contributed by atoms with van der Waals surface area (Å²) in [5, 5.41) is 11.9. The Kier molecular flexibility index (Phi) is 6.28. The van der Waals surface area contributed by atoms with Crippen LogP contribution in [0.15, 0.2) is 35.2 Å². The molecule has 0 aliphatic heterocycles. The molecule has 0 radical (unpaired) electrons. The van der Waals surface area contributed by atoms with Crippen LogP contribution in [-0.4, -0.2) is 36.1 Å². The van der Waals surface area contributed by atoms with Crippen molar-refractivity contribution >= 4 is 38.8 Å². The number of aliphatic hydroxyl groups is 1. The van der Waals surface area contributed by atoms with Crippen LogP contribution in [-0.2, 0) is 14.6 Å². The van der Waals surface area contributed by atoms with Crippen molar-refractivity contribution in [2.45, 2.75) is 48.4 Å². The quantitative estimate of drug-likeness (QED) is 0.579. The molecule has 2 aromatic rings. The molecule has 11 heteroatoms. The monoisotopic (exact) mass is 515 g/mol. The van der Waals surface area contributed by atoms with Crippen LogP contribution >= 0.6 is 11.6 Å². The number of benzene rings is 2. The van der Waals surface area contributed by atoms with Crippen LogP contribution < -0.4 is 5.32 Å². The highest BCUT2D eigenvalue weighted by Crippen LogP contribution is 2.51. The third-order valence-corrected chi connectivity index (χ3v) is 9.67. The predicted octanol–water partition coefficient (Wildman–Crippen LogP) is 4.29. The zero-order chi connectivity index (χ0) is 25.0. The van der Waals surface area contributed by atoms with Crippen LogP contribution in [0.4, 0.5) is 18.9 Å². The number of fused-ring (bicyclic) bond motifs is 2. The fourth-order valence-corrected chi connectivity index (χ4v) is 8.01. The number of nitrogens with one attached hydrogen (secondary N) is 1. The van der Waals surface area contributed by atoms with Gasteiger partial charge in [0.25, 0.3) is 5.91 Å². The topological polar surface area (TPSA) is 101 Å². The van der Waals surface area contributed by atoms with Crippen molar-refractivity contribution < 1.29 is 36.3 Å². The second-order valence-corrected chi connectivity index (χ2v) is 11.4. The summed E-state index contributed by atoms with van der Waals surface area (Å²) in [7, 11) is -4.06. The molecule has 34 heavy (non-hydrogen) atoms. The van der Waals surface area contributed by atoms with Crippen molar-refractivity contribution in [3.8, 4) is 0 Å². The van der Waals surface area contributed by atoms with E-state index in [1.165, 1.54) is 19.1 Å². The van der Waals surface area contributed by atoms with Gasteiger partial charge in [-0.05, 0) is 62.6 Å². The Morgan fingerprint density at radius 1 is 1.06 bits per heavy atom. The standard InChI is InChI=1S/C23H21ClF3NO5S/c1-11(29)23(31)9-13-2-3-14(10-23)21(13)34(32,33)19-6-12(4-5-16(19)24)22(30)28-15-7-17(25)20(27)18(26)8-15/h4-8,13-14,21,31H,2-3,9-10H2,1H3,(H,28,30)/t13-,14?,21+,23+/m0/s1. The molecule has 1 amide bonds. The lowest BCUT2D eigenvalue weighted by Gasteiger charge is -2.39. The number of rotatable bonds is 5. The minimum absolute atomic E-state index is 0.0300. The maximum atomic E-state index is 13.6. The summed E-state index contributed by atoms with van der Waals surface area (Å²) in [6.45, 7) is 1.28. The summed E-state index contributed by atoms with van der Waals surface area (Å²) in [5.74, 6) is -6.84. The number of Topliss-reactive ketones (excluding diaryl/α,β-unsaturated/α-hetero) is 1. The summed E-state index contributed by atoms with van der Waals surface area (Å²) in [6, 6.07) is 4.75. The van der Waals surface area contributed by atoms with Gasteiger partial charge in [0.05, 0.1) is 15.2 Å². The fraction of sp³-hybridized carbons (Fsp3) is 0.391. The number of anilines is 1. The first kappa shape index (κ1) is 24.7. The smallest absolute Gasteiger partial charge is 0.255 e. The summed E-state index contributed by atoms with van der Waals surface area (Å²) in [5.41, 5.74) is -2.05. The lowest BCUT2D eigenvalue weighted by molar-refractivity contribution is -0.140. The number of amides is 1. The van der Waals surface area contributed by atoms with E-state index in [0.29, 0.717) is 25.0 Å². The van der Waals surface area contributed by atoms with E-state index in [1.807, 2.05) is 0 Å². The van der Waals surface area contributed by atoms with Crippen LogP contribution in [0.2, 0.25) is 5.02 Å². The van der Waals surface area contributed by atoms with Gasteiger partial charge in [0.15, 0.2) is 33.1 Å². The molecule has 0 spiro atoms. The molecule has 0 saturated heterocycles. The molecule has 2 aliphatic carbocycles. The molecule has 2 aromatic carbocycles. The van der Waals surface area contributed by atoms with Gasteiger partial charge in [-0.2, -0.15) is 0 Å². The van der Waals surface area contributed by atoms with Gasteiger partial charge < -0.3 is 10.4 Å². The normalized spacial score (nSPS) is 26.4. The number of ketones is 1. The molecular formula is C23H21ClF3NO5S. The highest BCUT2D eigenvalue weighted by molar-refractivity contribution is 7.92. The fourth-order valence-electron chi connectivity index (χ4n) is 5.16. The largest absolute Gasteiger partial charge is 0.382 e. The highest BCUT2D eigenvalue weighted by atomic mass is 35.5. The average molecular weight is 516 g/mol. The van der Waals surface area contributed by atoms with E-state index in [-0.39, 0.29) is 34.0 Å². The Balaban J connectivity index is 1.63. The molecule has 4 rings (SSSR count). The lowest BCUT2D eigenvalue weighted by atomic mass is 9.75. The number of carbonyl (C=O) groups is 2. The lowest BCUT2D eigenvalue weighted by Crippen LogP contribution is -2.49. The van der Waals surface area contributed by atoms with Gasteiger partial charge in [-0.15, -0.1) is 0 Å². The second kappa shape index (κ2) is 8.66. The van der Waals surface area contributed by atoms with E-state index in [2.05, 4.69) is 5.32 Å². The van der Waals surface area contributed by atoms with Crippen LogP contribution in [0.5, 0.6) is 0 Å². The summed E-state index contributed by atoms with van der Waals surface area (Å²) < 4.78 is 67.2. The molecule has 4 atom stereocenters. The molecule has 2 fully saturated rings. The second-order valence-electron chi connectivity index (χ2n) is 8.96. The van der Waals surface area contributed by atoms with Gasteiger partial charge in [0.2, 0.25) is 0 Å². The molecule has 0 aromatic heterocycles. The van der Waals surface area contributed by atoms with Gasteiger partial charge in [0, 0.05) is 23.4 Å². The van der Waals surface area contributed by atoms with Crippen molar-refractivity contribution in [2.75, 3.05) is 5.32 Å². The SMILES string of the molecule is CC(=O)[C@]1(O)CC2CC[C@@H](C1)[C@H]2S(=O)(=O)c1cc(C(=O)Nc2cc(F)c(F)c(F)c2)ccc1Cl. The average Bonchev–Trinajstić information content (AvgIpc) is 3.05. The number of hydrogen-bond donors (Lipinski definition) is 2. The summed E-state index contributed by atoms with van der Waals surface area (Å²) in [6.07, 6.45) is 1.12. The van der Waals surface area contributed by atoms with Crippen LogP contribution in [0, 0.1) is 29.3 Å². The molecule has 2 aliphatic rings. The first-order valence-corrected chi connectivity index (χ1v) is 12.5. The Morgan fingerprint density at radius 3 is 2.15 bits per heavy atom. The Bertz CT molecular complexity index is 1260. The van der Waals surface area contributed by atoms with Gasteiger partial charge in [-0.1, -0.05) is 11.6 Å². The minimum atomic E-state index is -4.06. The third kappa shape index (κ3) is 4.23. The Hall–Kier alpha value is -2.43. The number of halogens is 4. The number of carbonyl (C=O) groups excluding carboxylic acids is 2. The van der Waals surface area contributed by atoms with E-state index in [9.17, 15) is 36.3 Å². The molecule has 2 N–H and O–H groups in total. The van der Waals surface area contributed by atoms with Crippen LogP contribution in [0.1, 0.15) is 43.0 Å². The van der Waals surface area contributed by atoms with Gasteiger partial charge >= 0.3 is 0 Å². The van der Waals surface area contributed by atoms with E-state index in [1.54, 1.807) is 0 Å².